The minimum atomic E-state index is -0.326. The first-order valence-corrected chi connectivity index (χ1v) is 7.44. The van der Waals surface area contributed by atoms with E-state index in [1.807, 2.05) is 0 Å². The molecule has 1 aliphatic carbocycles. The van der Waals surface area contributed by atoms with Crippen LogP contribution in [0.2, 0.25) is 0 Å². The maximum Gasteiger partial charge on any atom is 0.105 e. The zero-order chi connectivity index (χ0) is 13.2. The van der Waals surface area contributed by atoms with Crippen molar-refractivity contribution in [2.24, 2.45) is 11.8 Å². The molecule has 2 fully saturated rings. The van der Waals surface area contributed by atoms with Crippen LogP contribution in [0.25, 0.3) is 0 Å². The molecule has 0 amide bonds. The zero-order valence-electron chi connectivity index (χ0n) is 12.1. The number of hydrogen-bond acceptors (Lipinski definition) is 3. The van der Waals surface area contributed by atoms with E-state index in [-0.39, 0.29) is 5.54 Å². The highest BCUT2D eigenvalue weighted by Crippen LogP contribution is 2.26. The van der Waals surface area contributed by atoms with Crippen molar-refractivity contribution >= 4 is 0 Å². The summed E-state index contributed by atoms with van der Waals surface area (Å²) < 4.78 is 0. The normalized spacial score (nSPS) is 32.8. The van der Waals surface area contributed by atoms with Crippen LogP contribution in [0, 0.1) is 23.2 Å². The Balaban J connectivity index is 1.77. The Hall–Kier alpha value is -0.590. The van der Waals surface area contributed by atoms with Gasteiger partial charge in [-0.25, -0.2) is 0 Å². The van der Waals surface area contributed by atoms with Gasteiger partial charge in [-0.3, -0.25) is 5.32 Å². The fraction of sp³-hybridized carbons (Fsp3) is 0.933. The quantitative estimate of drug-likeness (QED) is 0.813. The highest BCUT2D eigenvalue weighted by molar-refractivity contribution is 5.07. The highest BCUT2D eigenvalue weighted by Gasteiger charge is 2.33. The molecule has 1 saturated heterocycles. The van der Waals surface area contributed by atoms with Crippen molar-refractivity contribution in [1.82, 2.24) is 10.2 Å². The average molecular weight is 249 g/mol. The number of nitrogens with zero attached hydrogens (tertiary/aromatic N) is 2. The number of nitriles is 1. The van der Waals surface area contributed by atoms with Gasteiger partial charge in [-0.2, -0.15) is 5.26 Å². The summed E-state index contributed by atoms with van der Waals surface area (Å²) in [6.45, 7) is 10.2. The predicted octanol–water partition coefficient (Wildman–Crippen LogP) is 2.39. The predicted molar refractivity (Wildman–Crippen MR) is 74.2 cm³/mol. The second kappa shape index (κ2) is 5.59. The minimum absolute atomic E-state index is 0.326. The van der Waals surface area contributed by atoms with Crippen molar-refractivity contribution in [1.29, 1.82) is 5.26 Å². The van der Waals surface area contributed by atoms with E-state index in [9.17, 15) is 5.26 Å². The van der Waals surface area contributed by atoms with Crippen LogP contribution in [0.15, 0.2) is 0 Å². The maximum atomic E-state index is 9.35. The Bertz CT molecular complexity index is 318. The van der Waals surface area contributed by atoms with E-state index in [2.05, 4.69) is 37.1 Å². The topological polar surface area (TPSA) is 39.1 Å². The second-order valence-electron chi connectivity index (χ2n) is 6.66. The fourth-order valence-corrected chi connectivity index (χ4v) is 2.77. The van der Waals surface area contributed by atoms with Gasteiger partial charge in [0.1, 0.15) is 5.54 Å². The van der Waals surface area contributed by atoms with Gasteiger partial charge in [0.25, 0.3) is 0 Å². The summed E-state index contributed by atoms with van der Waals surface area (Å²) in [7, 11) is 0. The Kier molecular flexibility index (Phi) is 4.29. The van der Waals surface area contributed by atoms with Gasteiger partial charge in [-0.1, -0.05) is 13.8 Å². The average Bonchev–Trinajstić information content (AvgIpc) is 3.15. The lowest BCUT2D eigenvalue weighted by atomic mass is 9.88. The van der Waals surface area contributed by atoms with Crippen LogP contribution in [0.3, 0.4) is 0 Å². The molecular formula is C15H27N3. The molecule has 3 unspecified atom stereocenters. The Morgan fingerprint density at radius 1 is 1.28 bits per heavy atom. The first-order chi connectivity index (χ1) is 8.52. The third kappa shape index (κ3) is 3.70. The lowest BCUT2D eigenvalue weighted by Gasteiger charge is -2.36. The van der Waals surface area contributed by atoms with Crippen molar-refractivity contribution in [2.75, 3.05) is 19.6 Å². The maximum absolute atomic E-state index is 9.35. The van der Waals surface area contributed by atoms with Crippen LogP contribution in [0.1, 0.15) is 46.5 Å². The van der Waals surface area contributed by atoms with E-state index in [1.165, 1.54) is 32.4 Å². The zero-order valence-corrected chi connectivity index (χ0v) is 12.1. The van der Waals surface area contributed by atoms with E-state index < -0.39 is 0 Å². The number of likely N-dealkylation sites (tertiary alicyclic amines) is 1. The standard InChI is InChI=1S/C15H27N3/c1-12-6-8-18(10-13(12)2)9-7-15(3,11-16)17-14-4-5-14/h12-14,17H,4-10H2,1-3H3. The second-order valence-corrected chi connectivity index (χ2v) is 6.66. The monoisotopic (exact) mass is 249 g/mol. The van der Waals surface area contributed by atoms with Crippen LogP contribution < -0.4 is 5.32 Å². The third-order valence-corrected chi connectivity index (χ3v) is 4.69. The van der Waals surface area contributed by atoms with Crippen molar-refractivity contribution in [3.63, 3.8) is 0 Å². The molecule has 102 valence electrons. The van der Waals surface area contributed by atoms with Gasteiger partial charge < -0.3 is 4.90 Å². The van der Waals surface area contributed by atoms with Gasteiger partial charge >= 0.3 is 0 Å². The van der Waals surface area contributed by atoms with Gasteiger partial charge in [0.15, 0.2) is 0 Å². The lowest BCUT2D eigenvalue weighted by molar-refractivity contribution is 0.130. The Morgan fingerprint density at radius 3 is 2.56 bits per heavy atom. The van der Waals surface area contributed by atoms with Crippen LogP contribution in [0.4, 0.5) is 0 Å². The molecule has 3 nitrogen and oxygen atoms in total. The summed E-state index contributed by atoms with van der Waals surface area (Å²) in [4.78, 5) is 2.54. The summed E-state index contributed by atoms with van der Waals surface area (Å²) in [6, 6.07) is 3.08. The summed E-state index contributed by atoms with van der Waals surface area (Å²) in [5.74, 6) is 1.65. The smallest absolute Gasteiger partial charge is 0.105 e. The van der Waals surface area contributed by atoms with Gasteiger partial charge in [-0.15, -0.1) is 0 Å². The molecule has 0 aromatic heterocycles. The van der Waals surface area contributed by atoms with Crippen LogP contribution in [0.5, 0.6) is 0 Å². The molecule has 0 aromatic rings. The first-order valence-electron chi connectivity index (χ1n) is 7.44. The largest absolute Gasteiger partial charge is 0.303 e. The van der Waals surface area contributed by atoms with E-state index in [4.69, 9.17) is 0 Å². The van der Waals surface area contributed by atoms with E-state index in [0.717, 1.165) is 24.8 Å². The number of rotatable bonds is 5. The number of hydrogen-bond donors (Lipinski definition) is 1. The molecule has 1 aliphatic heterocycles. The minimum Gasteiger partial charge on any atom is -0.303 e. The molecule has 3 atom stereocenters. The van der Waals surface area contributed by atoms with Crippen molar-refractivity contribution in [2.45, 2.75) is 58.0 Å². The lowest BCUT2D eigenvalue weighted by Crippen LogP contribution is -2.47. The van der Waals surface area contributed by atoms with Crippen molar-refractivity contribution < 1.29 is 0 Å². The van der Waals surface area contributed by atoms with Crippen LogP contribution in [-0.4, -0.2) is 36.1 Å². The molecule has 2 aliphatic rings. The van der Waals surface area contributed by atoms with Crippen molar-refractivity contribution in [3.05, 3.63) is 0 Å². The van der Waals surface area contributed by atoms with Gasteiger partial charge in [0.2, 0.25) is 0 Å². The molecule has 1 saturated carbocycles. The Labute approximate surface area is 112 Å². The van der Waals surface area contributed by atoms with Gasteiger partial charge in [0.05, 0.1) is 6.07 Å². The molecule has 18 heavy (non-hydrogen) atoms. The fourth-order valence-electron chi connectivity index (χ4n) is 2.77. The summed E-state index contributed by atoms with van der Waals surface area (Å²) in [6.07, 6.45) is 4.74. The number of nitrogens with one attached hydrogen (secondary N) is 1. The van der Waals surface area contributed by atoms with E-state index in [1.54, 1.807) is 0 Å². The van der Waals surface area contributed by atoms with Crippen molar-refractivity contribution in [3.8, 4) is 6.07 Å². The highest BCUT2D eigenvalue weighted by atomic mass is 15.1. The van der Waals surface area contributed by atoms with E-state index in [0.29, 0.717) is 6.04 Å². The molecular weight excluding hydrogens is 222 g/mol. The van der Waals surface area contributed by atoms with Crippen LogP contribution >= 0.6 is 0 Å². The number of piperidine rings is 1. The molecule has 3 heteroatoms. The molecule has 0 radical (unpaired) electrons. The Morgan fingerprint density at radius 2 is 2.00 bits per heavy atom. The van der Waals surface area contributed by atoms with Gasteiger partial charge in [-0.05, 0) is 51.0 Å². The summed E-state index contributed by atoms with van der Waals surface area (Å²) in [5.41, 5.74) is -0.326. The molecule has 0 aromatic carbocycles. The molecule has 2 rings (SSSR count). The first kappa shape index (κ1) is 13.8. The molecule has 0 bridgehead atoms. The van der Waals surface area contributed by atoms with Gasteiger partial charge in [0, 0.05) is 19.1 Å². The summed E-state index contributed by atoms with van der Waals surface area (Å²) in [5, 5.41) is 12.8. The van der Waals surface area contributed by atoms with Crippen LogP contribution in [-0.2, 0) is 0 Å². The SMILES string of the molecule is CC1CCN(CCC(C)(C#N)NC2CC2)CC1C. The third-order valence-electron chi connectivity index (χ3n) is 4.69. The molecule has 1 heterocycles. The molecule has 0 spiro atoms. The van der Waals surface area contributed by atoms with E-state index >= 15 is 0 Å². The molecule has 1 N–H and O–H groups in total. The summed E-state index contributed by atoms with van der Waals surface area (Å²) >= 11 is 0.